The van der Waals surface area contributed by atoms with Gasteiger partial charge in [0.1, 0.15) is 5.82 Å². The molecule has 0 N–H and O–H groups in total. The molecule has 0 unspecified atom stereocenters. The number of nitrogens with zero attached hydrogens (tertiary/aromatic N) is 2. The van der Waals surface area contributed by atoms with Crippen LogP contribution in [-0.4, -0.2) is 23.0 Å². The van der Waals surface area contributed by atoms with Crippen LogP contribution in [0.2, 0.25) is 0 Å². The van der Waals surface area contributed by atoms with E-state index in [-0.39, 0.29) is 17.3 Å². The van der Waals surface area contributed by atoms with Gasteiger partial charge in [0.05, 0.1) is 17.9 Å². The van der Waals surface area contributed by atoms with E-state index in [1.165, 1.54) is 12.8 Å². The smallest absolute Gasteiger partial charge is 0.132 e. The number of rotatable bonds is 3. The highest BCUT2D eigenvalue weighted by atomic mass is 19.1. The monoisotopic (exact) mass is 342 g/mol. The molecule has 1 saturated carbocycles. The van der Waals surface area contributed by atoms with Gasteiger partial charge in [-0.25, -0.2) is 4.39 Å². The van der Waals surface area contributed by atoms with E-state index < -0.39 is 0 Å². The number of halogens is 1. The van der Waals surface area contributed by atoms with Crippen LogP contribution in [0.4, 0.5) is 4.39 Å². The summed E-state index contributed by atoms with van der Waals surface area (Å²) in [5.41, 5.74) is 3.78. The highest BCUT2D eigenvalue weighted by Crippen LogP contribution is 2.42. The number of benzene rings is 1. The number of hydrogen-bond acceptors (Lipinski definition) is 2. The van der Waals surface area contributed by atoms with Crippen molar-refractivity contribution in [1.29, 1.82) is 0 Å². The lowest BCUT2D eigenvalue weighted by Gasteiger charge is -2.26. The molecule has 1 aromatic carbocycles. The Morgan fingerprint density at radius 3 is 2.44 bits per heavy atom. The van der Waals surface area contributed by atoms with Crippen molar-refractivity contribution in [2.75, 3.05) is 13.2 Å². The topological polar surface area (TPSA) is 27.1 Å². The Morgan fingerprint density at radius 2 is 1.84 bits per heavy atom. The SMILES string of the molecule is CC(C)(C)c1cnn(C2CCOCC2)c1-c1ccc(C2CC2)cc1F. The van der Waals surface area contributed by atoms with E-state index in [4.69, 9.17) is 4.74 Å². The molecule has 1 aromatic heterocycles. The molecule has 4 heteroatoms. The summed E-state index contributed by atoms with van der Waals surface area (Å²) in [4.78, 5) is 0. The fraction of sp³-hybridized carbons (Fsp3) is 0.571. The van der Waals surface area contributed by atoms with Gasteiger partial charge < -0.3 is 4.74 Å². The number of hydrogen-bond donors (Lipinski definition) is 0. The molecule has 2 aromatic rings. The summed E-state index contributed by atoms with van der Waals surface area (Å²) >= 11 is 0. The Labute approximate surface area is 149 Å². The third-order valence-electron chi connectivity index (χ3n) is 5.44. The number of ether oxygens (including phenoxy) is 1. The fourth-order valence-corrected chi connectivity index (χ4v) is 3.78. The molecule has 3 nitrogen and oxygen atoms in total. The first kappa shape index (κ1) is 16.8. The molecule has 2 fully saturated rings. The molecule has 2 heterocycles. The second-order valence-electron chi connectivity index (χ2n) is 8.46. The highest BCUT2D eigenvalue weighted by Gasteiger charge is 2.30. The molecular weight excluding hydrogens is 315 g/mol. The quantitative estimate of drug-likeness (QED) is 0.765. The minimum absolute atomic E-state index is 0.0830. The first-order valence-electron chi connectivity index (χ1n) is 9.40. The van der Waals surface area contributed by atoms with E-state index >= 15 is 4.39 Å². The first-order valence-corrected chi connectivity index (χ1v) is 9.40. The molecule has 0 spiro atoms. The second kappa shape index (κ2) is 6.24. The Balaban J connectivity index is 1.82. The van der Waals surface area contributed by atoms with Gasteiger partial charge in [0, 0.05) is 24.3 Å². The van der Waals surface area contributed by atoms with Crippen LogP contribution in [0.3, 0.4) is 0 Å². The van der Waals surface area contributed by atoms with Crippen molar-refractivity contribution in [2.45, 2.75) is 63.8 Å². The maximum atomic E-state index is 15.1. The zero-order valence-corrected chi connectivity index (χ0v) is 15.4. The van der Waals surface area contributed by atoms with Crippen molar-refractivity contribution >= 4 is 0 Å². The van der Waals surface area contributed by atoms with Crippen LogP contribution in [0.25, 0.3) is 11.3 Å². The van der Waals surface area contributed by atoms with Gasteiger partial charge in [0.25, 0.3) is 0 Å². The molecule has 2 aliphatic rings. The van der Waals surface area contributed by atoms with Crippen molar-refractivity contribution < 1.29 is 9.13 Å². The van der Waals surface area contributed by atoms with Gasteiger partial charge in [-0.3, -0.25) is 4.68 Å². The maximum absolute atomic E-state index is 15.1. The van der Waals surface area contributed by atoms with Crippen LogP contribution < -0.4 is 0 Å². The fourth-order valence-electron chi connectivity index (χ4n) is 3.78. The lowest BCUT2D eigenvalue weighted by molar-refractivity contribution is 0.0667. The summed E-state index contributed by atoms with van der Waals surface area (Å²) in [7, 11) is 0. The highest BCUT2D eigenvalue weighted by molar-refractivity contribution is 5.66. The third kappa shape index (κ3) is 3.24. The van der Waals surface area contributed by atoms with Gasteiger partial charge in [0.15, 0.2) is 0 Å². The van der Waals surface area contributed by atoms with Gasteiger partial charge in [0.2, 0.25) is 0 Å². The molecule has 25 heavy (non-hydrogen) atoms. The average molecular weight is 342 g/mol. The normalized spacial score (nSPS) is 19.4. The molecule has 1 aliphatic carbocycles. The van der Waals surface area contributed by atoms with Crippen LogP contribution in [0.1, 0.15) is 69.5 Å². The van der Waals surface area contributed by atoms with Crippen molar-refractivity contribution in [3.05, 3.63) is 41.3 Å². The van der Waals surface area contributed by atoms with Crippen molar-refractivity contribution in [3.63, 3.8) is 0 Å². The lowest BCUT2D eigenvalue weighted by Crippen LogP contribution is -2.22. The van der Waals surface area contributed by atoms with Gasteiger partial charge in [-0.15, -0.1) is 0 Å². The summed E-state index contributed by atoms with van der Waals surface area (Å²) < 4.78 is 22.6. The zero-order valence-electron chi connectivity index (χ0n) is 15.4. The Hall–Kier alpha value is -1.68. The maximum Gasteiger partial charge on any atom is 0.132 e. The number of aromatic nitrogens is 2. The summed E-state index contributed by atoms with van der Waals surface area (Å²) in [6.07, 6.45) is 6.16. The van der Waals surface area contributed by atoms with E-state index in [0.717, 1.165) is 42.9 Å². The largest absolute Gasteiger partial charge is 0.381 e. The zero-order chi connectivity index (χ0) is 17.6. The van der Waals surface area contributed by atoms with E-state index in [1.54, 1.807) is 6.07 Å². The summed E-state index contributed by atoms with van der Waals surface area (Å²) in [6, 6.07) is 6.08. The molecule has 1 aliphatic heterocycles. The molecular formula is C21H27FN2O. The van der Waals surface area contributed by atoms with Crippen LogP contribution >= 0.6 is 0 Å². The Kier molecular flexibility index (Phi) is 4.19. The van der Waals surface area contributed by atoms with Crippen molar-refractivity contribution in [2.24, 2.45) is 0 Å². The van der Waals surface area contributed by atoms with Crippen LogP contribution in [0.15, 0.2) is 24.4 Å². The molecule has 0 radical (unpaired) electrons. The van der Waals surface area contributed by atoms with Gasteiger partial charge in [-0.1, -0.05) is 26.8 Å². The standard InChI is InChI=1S/C21H27FN2O/c1-21(2,3)18-13-23-24(16-8-10-25-11-9-16)20(18)17-7-6-15(12-19(17)22)14-4-5-14/h6-7,12-14,16H,4-5,8-11H2,1-3H3. The molecule has 1 saturated heterocycles. The predicted octanol–water partition coefficient (Wildman–Crippen LogP) is 5.22. The molecule has 0 atom stereocenters. The Morgan fingerprint density at radius 1 is 1.12 bits per heavy atom. The van der Waals surface area contributed by atoms with Crippen molar-refractivity contribution in [3.8, 4) is 11.3 Å². The van der Waals surface area contributed by atoms with Crippen LogP contribution in [0.5, 0.6) is 0 Å². The molecule has 134 valence electrons. The van der Waals surface area contributed by atoms with Crippen LogP contribution in [-0.2, 0) is 10.2 Å². The van der Waals surface area contributed by atoms with E-state index in [0.29, 0.717) is 11.5 Å². The predicted molar refractivity (Wildman–Crippen MR) is 97.4 cm³/mol. The summed E-state index contributed by atoms with van der Waals surface area (Å²) in [5.74, 6) is 0.440. The van der Waals surface area contributed by atoms with Crippen molar-refractivity contribution in [1.82, 2.24) is 9.78 Å². The average Bonchev–Trinajstić information content (AvgIpc) is 3.33. The first-order chi connectivity index (χ1) is 11.9. The summed E-state index contributed by atoms with van der Waals surface area (Å²) in [5, 5.41) is 4.69. The van der Waals surface area contributed by atoms with E-state index in [2.05, 4.69) is 36.6 Å². The Bertz CT molecular complexity index is 765. The van der Waals surface area contributed by atoms with E-state index in [1.807, 2.05) is 12.3 Å². The molecule has 4 rings (SSSR count). The molecule has 0 amide bonds. The minimum atomic E-state index is -0.122. The van der Waals surface area contributed by atoms with Gasteiger partial charge in [-0.2, -0.15) is 5.10 Å². The minimum Gasteiger partial charge on any atom is -0.381 e. The van der Waals surface area contributed by atoms with Gasteiger partial charge in [-0.05, 0) is 54.7 Å². The second-order valence-corrected chi connectivity index (χ2v) is 8.46. The van der Waals surface area contributed by atoms with E-state index in [9.17, 15) is 0 Å². The van der Waals surface area contributed by atoms with Gasteiger partial charge >= 0.3 is 0 Å². The third-order valence-corrected chi connectivity index (χ3v) is 5.44. The summed E-state index contributed by atoms with van der Waals surface area (Å²) in [6.45, 7) is 7.99. The van der Waals surface area contributed by atoms with Crippen LogP contribution in [0, 0.1) is 5.82 Å². The molecule has 0 bridgehead atoms. The lowest BCUT2D eigenvalue weighted by atomic mass is 9.85.